The van der Waals surface area contributed by atoms with E-state index in [-0.39, 0.29) is 16.8 Å². The average molecular weight is 472 g/mol. The molecule has 7 nitrogen and oxygen atoms in total. The molecule has 0 atom stereocenters. The second-order valence-corrected chi connectivity index (χ2v) is 7.61. The summed E-state index contributed by atoms with van der Waals surface area (Å²) in [5.74, 6) is -0.156. The van der Waals surface area contributed by atoms with Crippen molar-refractivity contribution in [2.75, 3.05) is 17.7 Å². The molecule has 0 spiro atoms. The zero-order valence-electron chi connectivity index (χ0n) is 18.2. The molecule has 0 radical (unpaired) electrons. The minimum Gasteiger partial charge on any atom is -0.494 e. The van der Waals surface area contributed by atoms with Gasteiger partial charge in [-0.05, 0) is 48.1 Å². The van der Waals surface area contributed by atoms with E-state index < -0.39 is 5.91 Å². The first-order valence-electron chi connectivity index (χ1n) is 10.3. The zero-order chi connectivity index (χ0) is 23.9. The Labute approximate surface area is 201 Å². The van der Waals surface area contributed by atoms with Crippen LogP contribution in [0.4, 0.5) is 11.4 Å². The predicted octanol–water partition coefficient (Wildman–Crippen LogP) is 5.22. The molecule has 0 aliphatic carbocycles. The molecule has 0 bridgehead atoms. The molecule has 4 rings (SSSR count). The number of amides is 2. The van der Waals surface area contributed by atoms with Crippen molar-refractivity contribution in [2.45, 2.75) is 0 Å². The first-order chi connectivity index (χ1) is 16.5. The predicted molar refractivity (Wildman–Crippen MR) is 137 cm³/mol. The van der Waals surface area contributed by atoms with E-state index in [2.05, 4.69) is 16.0 Å². The van der Waals surface area contributed by atoms with Gasteiger partial charge in [0.2, 0.25) is 5.91 Å². The molecule has 8 heteroatoms. The molecule has 0 aliphatic heterocycles. The fraction of sp³-hybridized carbons (Fsp3) is 0.0385. The SMILES string of the molecule is COc1cc(NC(=S)NC(=O)C=Cc2ccccc2)ccc1NC(=O)c1cc2ccccc2o1. The van der Waals surface area contributed by atoms with Crippen LogP contribution in [0.2, 0.25) is 0 Å². The van der Waals surface area contributed by atoms with Crippen molar-refractivity contribution in [1.29, 1.82) is 0 Å². The van der Waals surface area contributed by atoms with Gasteiger partial charge in [0.25, 0.3) is 5.91 Å². The van der Waals surface area contributed by atoms with E-state index in [0.29, 0.717) is 22.7 Å². The smallest absolute Gasteiger partial charge is 0.291 e. The van der Waals surface area contributed by atoms with Crippen molar-refractivity contribution in [2.24, 2.45) is 0 Å². The Balaban J connectivity index is 1.38. The van der Waals surface area contributed by atoms with Crippen molar-refractivity contribution >= 4 is 57.6 Å². The summed E-state index contributed by atoms with van der Waals surface area (Å²) < 4.78 is 11.0. The molecular formula is C26H21N3O4S. The van der Waals surface area contributed by atoms with Crippen LogP contribution in [0.1, 0.15) is 16.1 Å². The minimum absolute atomic E-state index is 0.129. The third-order valence-electron chi connectivity index (χ3n) is 4.82. The molecule has 0 unspecified atom stereocenters. The number of carbonyl (C=O) groups is 2. The zero-order valence-corrected chi connectivity index (χ0v) is 19.0. The summed E-state index contributed by atoms with van der Waals surface area (Å²) in [6.07, 6.45) is 3.10. The van der Waals surface area contributed by atoms with Crippen LogP contribution in [0.5, 0.6) is 5.75 Å². The Kier molecular flexibility index (Phi) is 7.00. The molecule has 0 aliphatic rings. The van der Waals surface area contributed by atoms with E-state index >= 15 is 0 Å². The van der Waals surface area contributed by atoms with Gasteiger partial charge in [0, 0.05) is 23.2 Å². The number of anilines is 2. The number of hydrogen-bond donors (Lipinski definition) is 3. The molecular weight excluding hydrogens is 450 g/mol. The molecule has 3 aromatic carbocycles. The summed E-state index contributed by atoms with van der Waals surface area (Å²) in [7, 11) is 1.49. The van der Waals surface area contributed by atoms with Crippen LogP contribution in [-0.2, 0) is 4.79 Å². The summed E-state index contributed by atoms with van der Waals surface area (Å²) in [6, 6.07) is 23.6. The number of para-hydroxylation sites is 1. The lowest BCUT2D eigenvalue weighted by molar-refractivity contribution is -0.115. The molecule has 0 saturated carbocycles. The summed E-state index contributed by atoms with van der Waals surface area (Å²) >= 11 is 5.22. The first kappa shape index (κ1) is 22.8. The second kappa shape index (κ2) is 10.5. The van der Waals surface area contributed by atoms with Crippen LogP contribution in [0, 0.1) is 0 Å². The van der Waals surface area contributed by atoms with E-state index in [1.54, 1.807) is 36.4 Å². The van der Waals surface area contributed by atoms with Gasteiger partial charge in [-0.15, -0.1) is 0 Å². The highest BCUT2D eigenvalue weighted by Gasteiger charge is 2.15. The number of nitrogens with one attached hydrogen (secondary N) is 3. The van der Waals surface area contributed by atoms with Crippen molar-refractivity contribution in [3.05, 3.63) is 96.3 Å². The Morgan fingerprint density at radius 2 is 1.71 bits per heavy atom. The van der Waals surface area contributed by atoms with Gasteiger partial charge in [-0.3, -0.25) is 14.9 Å². The lowest BCUT2D eigenvalue weighted by Gasteiger charge is -2.13. The van der Waals surface area contributed by atoms with Gasteiger partial charge in [0.15, 0.2) is 10.9 Å². The van der Waals surface area contributed by atoms with Crippen LogP contribution in [0.25, 0.3) is 17.0 Å². The summed E-state index contributed by atoms with van der Waals surface area (Å²) in [4.78, 5) is 24.8. The maximum atomic E-state index is 12.6. The van der Waals surface area contributed by atoms with Crippen molar-refractivity contribution < 1.29 is 18.7 Å². The van der Waals surface area contributed by atoms with Crippen LogP contribution in [0.3, 0.4) is 0 Å². The van der Waals surface area contributed by atoms with Gasteiger partial charge in [-0.2, -0.15) is 0 Å². The number of methoxy groups -OCH3 is 1. The van der Waals surface area contributed by atoms with Gasteiger partial charge in [0.05, 0.1) is 12.8 Å². The fourth-order valence-electron chi connectivity index (χ4n) is 3.20. The van der Waals surface area contributed by atoms with E-state index in [4.69, 9.17) is 21.4 Å². The number of benzene rings is 3. The monoisotopic (exact) mass is 471 g/mol. The quantitative estimate of drug-likeness (QED) is 0.264. The van der Waals surface area contributed by atoms with Crippen LogP contribution in [-0.4, -0.2) is 24.0 Å². The first-order valence-corrected chi connectivity index (χ1v) is 10.8. The van der Waals surface area contributed by atoms with Crippen LogP contribution >= 0.6 is 12.2 Å². The molecule has 1 heterocycles. The van der Waals surface area contributed by atoms with Gasteiger partial charge in [-0.25, -0.2) is 0 Å². The van der Waals surface area contributed by atoms with Crippen molar-refractivity contribution in [1.82, 2.24) is 5.32 Å². The molecule has 1 aromatic heterocycles. The number of fused-ring (bicyclic) bond motifs is 1. The van der Waals surface area contributed by atoms with E-state index in [9.17, 15) is 9.59 Å². The lowest BCUT2D eigenvalue weighted by atomic mass is 10.2. The fourth-order valence-corrected chi connectivity index (χ4v) is 3.42. The van der Waals surface area contributed by atoms with Crippen molar-refractivity contribution in [3.8, 4) is 5.75 Å². The Bertz CT molecular complexity index is 1350. The van der Waals surface area contributed by atoms with E-state index in [1.165, 1.54) is 13.2 Å². The molecule has 3 N–H and O–H groups in total. The number of ether oxygens (including phenoxy) is 1. The number of carbonyl (C=O) groups excluding carboxylic acids is 2. The highest BCUT2D eigenvalue weighted by molar-refractivity contribution is 7.80. The number of furan rings is 1. The average Bonchev–Trinajstić information content (AvgIpc) is 3.29. The Morgan fingerprint density at radius 1 is 0.941 bits per heavy atom. The van der Waals surface area contributed by atoms with Crippen molar-refractivity contribution in [3.63, 3.8) is 0 Å². The van der Waals surface area contributed by atoms with Gasteiger partial charge >= 0.3 is 0 Å². The maximum absolute atomic E-state index is 12.6. The van der Waals surface area contributed by atoms with E-state index in [1.807, 2.05) is 48.5 Å². The van der Waals surface area contributed by atoms with E-state index in [0.717, 1.165) is 10.9 Å². The summed E-state index contributed by atoms with van der Waals surface area (Å²) in [5, 5.41) is 9.28. The molecule has 0 saturated heterocycles. The van der Waals surface area contributed by atoms with Gasteiger partial charge in [-0.1, -0.05) is 48.5 Å². The highest BCUT2D eigenvalue weighted by atomic mass is 32.1. The van der Waals surface area contributed by atoms with Crippen LogP contribution in [0.15, 0.2) is 89.4 Å². The van der Waals surface area contributed by atoms with Gasteiger partial charge in [0.1, 0.15) is 11.3 Å². The maximum Gasteiger partial charge on any atom is 0.291 e. The Hall–Kier alpha value is -4.43. The highest BCUT2D eigenvalue weighted by Crippen LogP contribution is 2.29. The molecule has 170 valence electrons. The summed E-state index contributed by atoms with van der Waals surface area (Å²) in [6.45, 7) is 0. The van der Waals surface area contributed by atoms with Crippen LogP contribution < -0.4 is 20.7 Å². The third kappa shape index (κ3) is 5.67. The lowest BCUT2D eigenvalue weighted by Crippen LogP contribution is -2.32. The molecule has 0 fully saturated rings. The second-order valence-electron chi connectivity index (χ2n) is 7.21. The number of hydrogen-bond acceptors (Lipinski definition) is 5. The third-order valence-corrected chi connectivity index (χ3v) is 5.02. The number of thiocarbonyl (C=S) groups is 1. The number of rotatable bonds is 6. The molecule has 4 aromatic rings. The molecule has 2 amide bonds. The Morgan fingerprint density at radius 3 is 2.47 bits per heavy atom. The standard InChI is InChI=1S/C26H21N3O4S/c1-32-22-16-19(27-26(34)29-24(30)14-11-17-7-3-2-4-8-17)12-13-20(22)28-25(31)23-15-18-9-5-6-10-21(18)33-23/h2-16H,1H3,(H,28,31)(H2,27,29,30,34). The minimum atomic E-state index is -0.400. The molecule has 34 heavy (non-hydrogen) atoms. The topological polar surface area (TPSA) is 92.6 Å². The van der Waals surface area contributed by atoms with Gasteiger partial charge < -0.3 is 19.8 Å². The summed E-state index contributed by atoms with van der Waals surface area (Å²) in [5.41, 5.74) is 2.57. The largest absolute Gasteiger partial charge is 0.494 e. The normalized spacial score (nSPS) is 10.7.